The number of halogens is 1. The van der Waals surface area contributed by atoms with Gasteiger partial charge in [0.05, 0.1) is 17.9 Å². The fraction of sp³-hybridized carbons (Fsp3) is 0.316. The monoisotopic (exact) mass is 332 g/mol. The van der Waals surface area contributed by atoms with Crippen molar-refractivity contribution >= 4 is 29.7 Å². The van der Waals surface area contributed by atoms with Crippen molar-refractivity contribution in [2.24, 2.45) is 0 Å². The summed E-state index contributed by atoms with van der Waals surface area (Å²) in [6.45, 7) is 8.33. The van der Waals surface area contributed by atoms with E-state index in [1.54, 1.807) is 6.92 Å². The molecule has 0 N–H and O–H groups in total. The molecule has 0 saturated carbocycles. The second-order valence-corrected chi connectivity index (χ2v) is 5.25. The smallest absolute Gasteiger partial charge is 0.224 e. The molecule has 0 aliphatic heterocycles. The molecule has 0 unspecified atom stereocenters. The predicted molar refractivity (Wildman–Crippen MR) is 101 cm³/mol. The zero-order valence-electron chi connectivity index (χ0n) is 14.0. The summed E-state index contributed by atoms with van der Waals surface area (Å²) in [6, 6.07) is 18.2. The number of benzene rings is 2. The van der Waals surface area contributed by atoms with Crippen LogP contribution in [0, 0.1) is 0 Å². The second-order valence-electron chi connectivity index (χ2n) is 5.25. The average molecular weight is 333 g/mol. The van der Waals surface area contributed by atoms with E-state index in [9.17, 15) is 4.79 Å². The van der Waals surface area contributed by atoms with Gasteiger partial charge in [-0.15, -0.1) is 12.4 Å². The first-order valence-electron chi connectivity index (χ1n) is 7.83. The van der Waals surface area contributed by atoms with E-state index >= 15 is 0 Å². The lowest BCUT2D eigenvalue weighted by molar-refractivity contribution is -0.116. The second kappa shape index (κ2) is 9.21. The van der Waals surface area contributed by atoms with Crippen molar-refractivity contribution in [3.05, 3.63) is 60.2 Å². The zero-order chi connectivity index (χ0) is 15.9. The molecule has 1 amide bonds. The van der Waals surface area contributed by atoms with Gasteiger partial charge in [0.15, 0.2) is 0 Å². The Morgan fingerprint density at radius 1 is 0.870 bits per heavy atom. The number of para-hydroxylation sites is 2. The lowest BCUT2D eigenvalue weighted by Gasteiger charge is -2.29. The first kappa shape index (κ1) is 19.0. The van der Waals surface area contributed by atoms with Gasteiger partial charge < -0.3 is 9.80 Å². The maximum absolute atomic E-state index is 12.2. The Kier molecular flexibility index (Phi) is 7.63. The van der Waals surface area contributed by atoms with Crippen molar-refractivity contribution < 1.29 is 4.79 Å². The van der Waals surface area contributed by atoms with Crippen LogP contribution in [0.4, 0.5) is 11.4 Å². The molecule has 23 heavy (non-hydrogen) atoms. The highest BCUT2D eigenvalue weighted by Gasteiger charge is 2.17. The normalized spacial score (nSPS) is 9.87. The van der Waals surface area contributed by atoms with Crippen molar-refractivity contribution in [2.45, 2.75) is 27.3 Å². The Balaban J connectivity index is 0.00000264. The number of hydrogen-bond donors (Lipinski definition) is 0. The molecule has 0 aliphatic rings. The highest BCUT2D eigenvalue weighted by molar-refractivity contribution is 5.95. The summed E-state index contributed by atoms with van der Waals surface area (Å²) in [7, 11) is 0. The third-order valence-corrected chi connectivity index (χ3v) is 3.84. The number of amides is 1. The minimum atomic E-state index is 0. The quantitative estimate of drug-likeness (QED) is 0.777. The van der Waals surface area contributed by atoms with Crippen LogP contribution in [0.3, 0.4) is 0 Å². The number of anilines is 2. The van der Waals surface area contributed by atoms with Crippen molar-refractivity contribution in [1.82, 2.24) is 0 Å². The summed E-state index contributed by atoms with van der Waals surface area (Å²) in [5.41, 5.74) is 3.22. The van der Waals surface area contributed by atoms with Gasteiger partial charge in [-0.25, -0.2) is 0 Å². The van der Waals surface area contributed by atoms with Gasteiger partial charge in [0.25, 0.3) is 0 Å². The summed E-state index contributed by atoms with van der Waals surface area (Å²) < 4.78 is 0. The third kappa shape index (κ3) is 4.73. The fourth-order valence-electron chi connectivity index (χ4n) is 2.66. The molecule has 0 fully saturated rings. The van der Waals surface area contributed by atoms with Gasteiger partial charge in [-0.05, 0) is 31.5 Å². The van der Waals surface area contributed by atoms with Crippen LogP contribution in [-0.2, 0) is 11.3 Å². The Bertz CT molecular complexity index is 612. The van der Waals surface area contributed by atoms with E-state index in [1.165, 1.54) is 0 Å². The average Bonchev–Trinajstić information content (AvgIpc) is 2.55. The van der Waals surface area contributed by atoms with E-state index in [1.807, 2.05) is 41.3 Å². The van der Waals surface area contributed by atoms with Crippen LogP contribution in [-0.4, -0.2) is 19.0 Å². The molecule has 0 atom stereocenters. The summed E-state index contributed by atoms with van der Waals surface area (Å²) in [5, 5.41) is 0. The molecule has 0 aliphatic carbocycles. The molecule has 3 nitrogen and oxygen atoms in total. The fourth-order valence-corrected chi connectivity index (χ4v) is 2.66. The number of nitrogens with zero attached hydrogens (tertiary/aromatic N) is 2. The van der Waals surface area contributed by atoms with E-state index in [4.69, 9.17) is 0 Å². The standard InChI is InChI=1S/C19H24N2O.ClH/c1-4-20(5-2)18-13-9-10-14-19(18)21(16(3)22)15-17-11-7-6-8-12-17;/h6-14H,4-5,15H2,1-3H3;1H. The molecule has 0 spiro atoms. The molecule has 2 rings (SSSR count). The van der Waals surface area contributed by atoms with Gasteiger partial charge in [-0.2, -0.15) is 0 Å². The van der Waals surface area contributed by atoms with Gasteiger partial charge >= 0.3 is 0 Å². The number of carbonyl (C=O) groups excluding carboxylic acids is 1. The first-order chi connectivity index (χ1) is 10.7. The molecule has 0 radical (unpaired) electrons. The molecule has 2 aromatic carbocycles. The summed E-state index contributed by atoms with van der Waals surface area (Å²) >= 11 is 0. The molecule has 0 saturated heterocycles. The van der Waals surface area contributed by atoms with Crippen LogP contribution in [0.2, 0.25) is 0 Å². The summed E-state index contributed by atoms with van der Waals surface area (Å²) in [4.78, 5) is 16.3. The molecule has 0 heterocycles. The van der Waals surface area contributed by atoms with E-state index in [2.05, 4.69) is 36.9 Å². The molecule has 124 valence electrons. The van der Waals surface area contributed by atoms with Crippen molar-refractivity contribution in [3.63, 3.8) is 0 Å². The van der Waals surface area contributed by atoms with Gasteiger partial charge in [0, 0.05) is 20.0 Å². The lowest BCUT2D eigenvalue weighted by atomic mass is 10.1. The molecule has 2 aromatic rings. The molecule has 0 bridgehead atoms. The van der Waals surface area contributed by atoms with Crippen molar-refractivity contribution in [1.29, 1.82) is 0 Å². The van der Waals surface area contributed by atoms with Gasteiger partial charge in [0.2, 0.25) is 5.91 Å². The van der Waals surface area contributed by atoms with Crippen molar-refractivity contribution in [2.75, 3.05) is 22.9 Å². The highest BCUT2D eigenvalue weighted by atomic mass is 35.5. The largest absolute Gasteiger partial charge is 0.370 e. The minimum Gasteiger partial charge on any atom is -0.370 e. The van der Waals surface area contributed by atoms with E-state index in [0.29, 0.717) is 6.54 Å². The van der Waals surface area contributed by atoms with E-state index in [-0.39, 0.29) is 18.3 Å². The van der Waals surface area contributed by atoms with Crippen LogP contribution in [0.15, 0.2) is 54.6 Å². The Hall–Kier alpha value is -2.00. The molecular formula is C19H25ClN2O. The van der Waals surface area contributed by atoms with Crippen LogP contribution in [0.1, 0.15) is 26.3 Å². The van der Waals surface area contributed by atoms with Gasteiger partial charge in [-0.3, -0.25) is 4.79 Å². The zero-order valence-corrected chi connectivity index (χ0v) is 14.8. The SMILES string of the molecule is CCN(CC)c1ccccc1N(Cc1ccccc1)C(C)=O.Cl. The van der Waals surface area contributed by atoms with E-state index < -0.39 is 0 Å². The van der Waals surface area contributed by atoms with Crippen LogP contribution in [0.5, 0.6) is 0 Å². The maximum atomic E-state index is 12.2. The minimum absolute atomic E-state index is 0. The predicted octanol–water partition coefficient (Wildman–Crippen LogP) is 4.51. The molecular weight excluding hydrogens is 308 g/mol. The number of rotatable bonds is 6. The topological polar surface area (TPSA) is 23.6 Å². The van der Waals surface area contributed by atoms with Crippen LogP contribution in [0.25, 0.3) is 0 Å². The Morgan fingerprint density at radius 2 is 1.39 bits per heavy atom. The van der Waals surface area contributed by atoms with Gasteiger partial charge in [0.1, 0.15) is 0 Å². The number of carbonyl (C=O) groups is 1. The lowest BCUT2D eigenvalue weighted by Crippen LogP contribution is -2.31. The maximum Gasteiger partial charge on any atom is 0.224 e. The third-order valence-electron chi connectivity index (χ3n) is 3.84. The first-order valence-corrected chi connectivity index (χ1v) is 7.83. The Morgan fingerprint density at radius 3 is 1.91 bits per heavy atom. The van der Waals surface area contributed by atoms with Crippen LogP contribution < -0.4 is 9.80 Å². The molecule has 4 heteroatoms. The van der Waals surface area contributed by atoms with E-state index in [0.717, 1.165) is 30.0 Å². The van der Waals surface area contributed by atoms with Crippen molar-refractivity contribution in [3.8, 4) is 0 Å². The van der Waals surface area contributed by atoms with Crippen LogP contribution >= 0.6 is 12.4 Å². The number of hydrogen-bond acceptors (Lipinski definition) is 2. The highest BCUT2D eigenvalue weighted by Crippen LogP contribution is 2.30. The summed E-state index contributed by atoms with van der Waals surface area (Å²) in [5.74, 6) is 0.0588. The molecule has 0 aromatic heterocycles. The van der Waals surface area contributed by atoms with Gasteiger partial charge in [-0.1, -0.05) is 42.5 Å². The Labute approximate surface area is 145 Å². The summed E-state index contributed by atoms with van der Waals surface area (Å²) in [6.07, 6.45) is 0.